The normalized spacial score (nSPS) is 19.2. The first kappa shape index (κ1) is 29.5. The Morgan fingerprint density at radius 1 is 1.02 bits per heavy atom. The fourth-order valence-electron chi connectivity index (χ4n) is 5.49. The van der Waals surface area contributed by atoms with Gasteiger partial charge in [-0.2, -0.15) is 0 Å². The van der Waals surface area contributed by atoms with E-state index in [2.05, 4.69) is 53.8 Å². The molecule has 5 N–H and O–H groups in total. The lowest BCUT2D eigenvalue weighted by Crippen LogP contribution is -2.43. The van der Waals surface area contributed by atoms with E-state index in [4.69, 9.17) is 10.5 Å². The molecule has 42 heavy (non-hydrogen) atoms. The maximum absolute atomic E-state index is 13.6. The smallest absolute Gasteiger partial charge is 0.248 e. The number of carbonyl (C=O) groups is 2. The second-order valence-electron chi connectivity index (χ2n) is 12.1. The van der Waals surface area contributed by atoms with Gasteiger partial charge in [-0.25, -0.2) is 0 Å². The summed E-state index contributed by atoms with van der Waals surface area (Å²) < 4.78 is 5.73. The molecule has 2 aliphatic rings. The number of morpholine rings is 1. The number of para-hydroxylation sites is 2. The first-order valence-electron chi connectivity index (χ1n) is 14.6. The number of anilines is 3. The fourth-order valence-corrected chi connectivity index (χ4v) is 5.49. The lowest BCUT2D eigenvalue weighted by molar-refractivity contribution is -0.118. The molecule has 2 heterocycles. The number of likely N-dealkylation sites (tertiary alicyclic amines) is 1. The number of carbonyl (C=O) groups excluding carboxylic acids is 2. The third-order valence-corrected chi connectivity index (χ3v) is 7.96. The number of amides is 2. The molecule has 3 atom stereocenters. The number of fused-ring (bicyclic) bond motifs is 2. The van der Waals surface area contributed by atoms with Crippen LogP contribution in [0, 0.1) is 0 Å². The van der Waals surface area contributed by atoms with Gasteiger partial charge in [-0.3, -0.25) is 14.5 Å². The summed E-state index contributed by atoms with van der Waals surface area (Å²) in [6.07, 6.45) is 4.65. The molecule has 0 radical (unpaired) electrons. The van der Waals surface area contributed by atoms with E-state index in [0.717, 1.165) is 42.9 Å². The van der Waals surface area contributed by atoms with Crippen LogP contribution in [0.4, 0.5) is 17.1 Å². The van der Waals surface area contributed by atoms with E-state index in [1.54, 1.807) is 18.2 Å². The van der Waals surface area contributed by atoms with Crippen LogP contribution in [0.25, 0.3) is 6.08 Å². The van der Waals surface area contributed by atoms with Crippen LogP contribution >= 0.6 is 0 Å². The molecular weight excluding hydrogens is 526 g/mol. The summed E-state index contributed by atoms with van der Waals surface area (Å²) in [6.45, 7) is 9.79. The van der Waals surface area contributed by atoms with Crippen molar-refractivity contribution in [2.75, 3.05) is 42.6 Å². The molecule has 0 aliphatic carbocycles. The Bertz CT molecular complexity index is 1410. The maximum Gasteiger partial charge on any atom is 0.248 e. The molecule has 2 amide bonds. The highest BCUT2D eigenvalue weighted by Gasteiger charge is 2.38. The summed E-state index contributed by atoms with van der Waals surface area (Å²) in [5, 5.41) is 9.38. The van der Waals surface area contributed by atoms with Gasteiger partial charge < -0.3 is 26.4 Å². The van der Waals surface area contributed by atoms with E-state index in [1.165, 1.54) is 11.6 Å². The zero-order valence-electron chi connectivity index (χ0n) is 24.6. The highest BCUT2D eigenvalue weighted by Crippen LogP contribution is 2.28. The summed E-state index contributed by atoms with van der Waals surface area (Å²) in [7, 11) is 0. The number of nitrogens with two attached hydrogens (primary N) is 1. The van der Waals surface area contributed by atoms with Gasteiger partial charge >= 0.3 is 0 Å². The Morgan fingerprint density at radius 2 is 1.76 bits per heavy atom. The van der Waals surface area contributed by atoms with Crippen molar-refractivity contribution in [3.8, 4) is 0 Å². The Hall–Kier alpha value is -3.98. The van der Waals surface area contributed by atoms with Crippen molar-refractivity contribution >= 4 is 35.0 Å². The molecule has 0 spiro atoms. The quantitative estimate of drug-likeness (QED) is 0.204. The Kier molecular flexibility index (Phi) is 9.06. The van der Waals surface area contributed by atoms with Gasteiger partial charge in [0, 0.05) is 37.4 Å². The van der Waals surface area contributed by atoms with Gasteiger partial charge in [0.1, 0.15) is 6.04 Å². The van der Waals surface area contributed by atoms with Gasteiger partial charge in [0.2, 0.25) is 11.8 Å². The second-order valence-corrected chi connectivity index (χ2v) is 12.1. The van der Waals surface area contributed by atoms with Crippen LogP contribution < -0.4 is 21.7 Å². The van der Waals surface area contributed by atoms with Gasteiger partial charge in [0.25, 0.3) is 0 Å². The number of benzene rings is 3. The number of nitrogen functional groups attached to an aromatic ring is 1. The predicted molar refractivity (Wildman–Crippen MR) is 169 cm³/mol. The lowest BCUT2D eigenvalue weighted by atomic mass is 9.87. The molecule has 8 nitrogen and oxygen atoms in total. The number of hydrogen-bond donors (Lipinski definition) is 4. The second kappa shape index (κ2) is 12.9. The first-order chi connectivity index (χ1) is 20.2. The zero-order chi connectivity index (χ0) is 29.7. The van der Waals surface area contributed by atoms with E-state index >= 15 is 0 Å². The van der Waals surface area contributed by atoms with Crippen molar-refractivity contribution in [2.45, 2.75) is 50.8 Å². The highest BCUT2D eigenvalue weighted by molar-refractivity contribution is 6.03. The van der Waals surface area contributed by atoms with Gasteiger partial charge in [-0.05, 0) is 58.9 Å². The molecule has 2 bridgehead atoms. The third kappa shape index (κ3) is 7.45. The van der Waals surface area contributed by atoms with Crippen molar-refractivity contribution in [1.82, 2.24) is 10.2 Å². The van der Waals surface area contributed by atoms with Crippen molar-refractivity contribution in [3.63, 3.8) is 0 Å². The van der Waals surface area contributed by atoms with Crippen LogP contribution in [0.2, 0.25) is 0 Å². The minimum atomic E-state index is -0.536. The van der Waals surface area contributed by atoms with Crippen LogP contribution in [-0.4, -0.2) is 55.1 Å². The third-order valence-electron chi connectivity index (χ3n) is 7.96. The van der Waals surface area contributed by atoms with Crippen molar-refractivity contribution in [3.05, 3.63) is 95.6 Å². The van der Waals surface area contributed by atoms with E-state index in [9.17, 15) is 9.59 Å². The number of ether oxygens (including phenoxy) is 1. The molecule has 2 unspecified atom stereocenters. The topological polar surface area (TPSA) is 109 Å². The molecular formula is C34H41N5O3. The molecule has 8 heteroatoms. The molecule has 3 aromatic carbocycles. The van der Waals surface area contributed by atoms with E-state index in [1.807, 2.05) is 48.5 Å². The predicted octanol–water partition coefficient (Wildman–Crippen LogP) is 4.96. The Balaban J connectivity index is 1.25. The highest BCUT2D eigenvalue weighted by atomic mass is 16.5. The Labute approximate surface area is 248 Å². The summed E-state index contributed by atoms with van der Waals surface area (Å²) >= 11 is 0. The van der Waals surface area contributed by atoms with Crippen LogP contribution in [0.3, 0.4) is 0 Å². The van der Waals surface area contributed by atoms with Crippen molar-refractivity contribution < 1.29 is 14.3 Å². The summed E-state index contributed by atoms with van der Waals surface area (Å²) in [5.41, 5.74) is 10.7. The van der Waals surface area contributed by atoms with Crippen LogP contribution in [0.5, 0.6) is 0 Å². The molecule has 3 aromatic rings. The summed E-state index contributed by atoms with van der Waals surface area (Å²) in [6, 6.07) is 22.8. The van der Waals surface area contributed by atoms with E-state index < -0.39 is 6.04 Å². The molecule has 2 saturated heterocycles. The summed E-state index contributed by atoms with van der Waals surface area (Å²) in [4.78, 5) is 28.4. The molecule has 0 aromatic heterocycles. The van der Waals surface area contributed by atoms with Gasteiger partial charge in [-0.15, -0.1) is 0 Å². The minimum absolute atomic E-state index is 0.0401. The minimum Gasteiger partial charge on any atom is -0.397 e. The molecule has 0 saturated carbocycles. The number of hydrogen-bond acceptors (Lipinski definition) is 6. The first-order valence-corrected chi connectivity index (χ1v) is 14.6. The number of rotatable bonds is 10. The number of nitrogens with one attached hydrogen (secondary N) is 3. The van der Waals surface area contributed by atoms with Gasteiger partial charge in [0.05, 0.1) is 24.1 Å². The molecule has 2 aliphatic heterocycles. The fraction of sp³-hybridized carbons (Fsp3) is 0.353. The summed E-state index contributed by atoms with van der Waals surface area (Å²) in [5.74, 6) is -0.387. The molecule has 220 valence electrons. The van der Waals surface area contributed by atoms with Gasteiger partial charge in [-0.1, -0.05) is 69.3 Å². The van der Waals surface area contributed by atoms with Crippen LogP contribution in [0.1, 0.15) is 49.9 Å². The molecule has 2 fully saturated rings. The van der Waals surface area contributed by atoms with E-state index in [-0.39, 0.29) is 17.2 Å². The van der Waals surface area contributed by atoms with Crippen LogP contribution in [-0.2, 0) is 19.7 Å². The maximum atomic E-state index is 13.6. The average molecular weight is 568 g/mol. The van der Waals surface area contributed by atoms with E-state index in [0.29, 0.717) is 30.1 Å². The lowest BCUT2D eigenvalue weighted by Gasteiger charge is -2.27. The molecule has 5 rings (SSSR count). The Morgan fingerprint density at radius 3 is 2.40 bits per heavy atom. The van der Waals surface area contributed by atoms with Crippen LogP contribution in [0.15, 0.2) is 78.9 Å². The van der Waals surface area contributed by atoms with Crippen molar-refractivity contribution in [2.24, 2.45) is 0 Å². The largest absolute Gasteiger partial charge is 0.397 e. The SMILES string of the molecule is CC(C)(C)c1ccc(NC(=O)[C@@H](NCCN2CC3CC2CO3)c2ccc(/C=C/C(=O)Nc3ccccc3N)cc2)cc1. The standard InChI is InChI=1S/C34H41N5O3/c1-34(2,3)25-13-15-26(16-14-25)37-33(41)32(36-18-19-39-21-28-20-27(39)22-42-28)24-11-8-23(9-12-24)10-17-31(40)38-30-7-5-4-6-29(30)35/h4-17,27-28,32,36H,18-22,35H2,1-3H3,(H,37,41)(H,38,40)/b17-10+/t27?,28?,32-/m0/s1. The van der Waals surface area contributed by atoms with Gasteiger partial charge in [0.15, 0.2) is 0 Å². The monoisotopic (exact) mass is 567 g/mol. The number of nitrogens with zero attached hydrogens (tertiary/aromatic N) is 1. The van der Waals surface area contributed by atoms with Crippen molar-refractivity contribution in [1.29, 1.82) is 0 Å². The average Bonchev–Trinajstić information content (AvgIpc) is 3.59. The zero-order valence-corrected chi connectivity index (χ0v) is 24.6.